The maximum absolute atomic E-state index is 11.6. The van der Waals surface area contributed by atoms with Gasteiger partial charge >= 0.3 is 5.97 Å². The molecule has 2 N–H and O–H groups in total. The second-order valence-electron chi connectivity index (χ2n) is 5.87. The van der Waals surface area contributed by atoms with Crippen LogP contribution in [0.1, 0.15) is 33.7 Å². The summed E-state index contributed by atoms with van der Waals surface area (Å²) in [7, 11) is 3.09. The molecule has 0 saturated carbocycles. The average molecular weight is 363 g/mol. The molecule has 6 nitrogen and oxygen atoms in total. The first kappa shape index (κ1) is 19.1. The largest absolute Gasteiger partial charge is 0.465 e. The van der Waals surface area contributed by atoms with Gasteiger partial charge in [-0.3, -0.25) is 4.99 Å². The van der Waals surface area contributed by atoms with E-state index in [2.05, 4.69) is 40.1 Å². The van der Waals surface area contributed by atoms with E-state index >= 15 is 0 Å². The highest BCUT2D eigenvalue weighted by Gasteiger charge is 2.15. The number of guanidine groups is 1. The number of methoxy groups -OCH3 is 1. The highest BCUT2D eigenvalue weighted by atomic mass is 32.1. The van der Waals surface area contributed by atoms with E-state index in [-0.39, 0.29) is 0 Å². The van der Waals surface area contributed by atoms with Crippen LogP contribution in [-0.2, 0) is 17.7 Å². The first-order chi connectivity index (χ1) is 12.0. The smallest absolute Gasteiger partial charge is 0.341 e. The summed E-state index contributed by atoms with van der Waals surface area (Å²) in [5.74, 6) is 2.02. The molecule has 2 rings (SSSR count). The van der Waals surface area contributed by atoms with Gasteiger partial charge in [0, 0.05) is 18.5 Å². The molecule has 7 heteroatoms. The number of hydrogen-bond acceptors (Lipinski definition) is 5. The SMILES string of the molecule is CN=C(NCc1cc(C(=O)OC)c(C)o1)NCC(C)Cc1cccs1. The van der Waals surface area contributed by atoms with Crippen LogP contribution in [0.3, 0.4) is 0 Å². The molecule has 0 aliphatic heterocycles. The van der Waals surface area contributed by atoms with E-state index in [0.717, 1.165) is 13.0 Å². The van der Waals surface area contributed by atoms with Gasteiger partial charge in [0.25, 0.3) is 0 Å². The van der Waals surface area contributed by atoms with E-state index in [1.807, 2.05) is 0 Å². The van der Waals surface area contributed by atoms with Crippen molar-refractivity contribution in [2.24, 2.45) is 10.9 Å². The number of aliphatic imine (C=N–C) groups is 1. The number of nitrogens with one attached hydrogen (secondary N) is 2. The molecule has 0 aliphatic rings. The molecule has 0 radical (unpaired) electrons. The molecule has 0 spiro atoms. The molecule has 1 atom stereocenters. The predicted molar refractivity (Wildman–Crippen MR) is 100 cm³/mol. The van der Waals surface area contributed by atoms with Crippen molar-refractivity contribution in [1.29, 1.82) is 0 Å². The lowest BCUT2D eigenvalue weighted by molar-refractivity contribution is 0.0599. The maximum atomic E-state index is 11.6. The number of carbonyl (C=O) groups is 1. The van der Waals surface area contributed by atoms with E-state index < -0.39 is 5.97 Å². The fourth-order valence-electron chi connectivity index (χ4n) is 2.45. The third kappa shape index (κ3) is 5.63. The lowest BCUT2D eigenvalue weighted by atomic mass is 10.1. The zero-order valence-electron chi connectivity index (χ0n) is 15.1. The Balaban J connectivity index is 1.81. The molecule has 0 aromatic carbocycles. The Bertz CT molecular complexity index is 707. The molecular weight excluding hydrogens is 338 g/mol. The van der Waals surface area contributed by atoms with E-state index in [4.69, 9.17) is 9.15 Å². The summed E-state index contributed by atoms with van der Waals surface area (Å²) in [4.78, 5) is 17.2. The number of esters is 1. The summed E-state index contributed by atoms with van der Waals surface area (Å²) in [6.45, 7) is 5.21. The number of nitrogens with zero attached hydrogens (tertiary/aromatic N) is 1. The van der Waals surface area contributed by atoms with E-state index in [9.17, 15) is 4.79 Å². The third-order valence-corrected chi connectivity index (χ3v) is 4.67. The number of thiophene rings is 1. The van der Waals surface area contributed by atoms with Gasteiger partial charge < -0.3 is 19.8 Å². The minimum absolute atomic E-state index is 0.391. The van der Waals surface area contributed by atoms with Gasteiger partial charge in [-0.2, -0.15) is 0 Å². The molecule has 136 valence electrons. The Morgan fingerprint density at radius 2 is 2.24 bits per heavy atom. The van der Waals surface area contributed by atoms with Gasteiger partial charge in [-0.15, -0.1) is 11.3 Å². The normalized spacial score (nSPS) is 12.7. The van der Waals surface area contributed by atoms with Gasteiger partial charge in [-0.1, -0.05) is 13.0 Å². The van der Waals surface area contributed by atoms with Crippen LogP contribution < -0.4 is 10.6 Å². The minimum Gasteiger partial charge on any atom is -0.465 e. The lowest BCUT2D eigenvalue weighted by Crippen LogP contribution is -2.39. The first-order valence-corrected chi connectivity index (χ1v) is 9.06. The Labute approximate surface area is 152 Å². The van der Waals surface area contributed by atoms with Gasteiger partial charge in [0.15, 0.2) is 5.96 Å². The van der Waals surface area contributed by atoms with Crippen LogP contribution in [0.25, 0.3) is 0 Å². The molecule has 0 amide bonds. The highest BCUT2D eigenvalue weighted by Crippen LogP contribution is 2.16. The molecule has 0 aliphatic carbocycles. The Kier molecular flexibility index (Phi) is 7.06. The summed E-state index contributed by atoms with van der Waals surface area (Å²) in [6, 6.07) is 5.93. The molecule has 2 heterocycles. The number of hydrogen-bond donors (Lipinski definition) is 2. The summed E-state index contributed by atoms with van der Waals surface area (Å²) in [6.07, 6.45) is 1.04. The van der Waals surface area contributed by atoms with Crippen molar-refractivity contribution in [3.05, 3.63) is 45.5 Å². The van der Waals surface area contributed by atoms with Crippen LogP contribution >= 0.6 is 11.3 Å². The van der Waals surface area contributed by atoms with Gasteiger partial charge in [0.2, 0.25) is 0 Å². The van der Waals surface area contributed by atoms with Crippen LogP contribution in [0.15, 0.2) is 33.0 Å². The maximum Gasteiger partial charge on any atom is 0.341 e. The van der Waals surface area contributed by atoms with E-state index in [1.165, 1.54) is 12.0 Å². The minimum atomic E-state index is -0.391. The zero-order chi connectivity index (χ0) is 18.2. The fourth-order valence-corrected chi connectivity index (χ4v) is 3.32. The quantitative estimate of drug-likeness (QED) is 0.449. The molecule has 1 unspecified atom stereocenters. The zero-order valence-corrected chi connectivity index (χ0v) is 15.9. The number of ether oxygens (including phenoxy) is 1. The van der Waals surface area contributed by atoms with Crippen LogP contribution in [-0.4, -0.2) is 32.6 Å². The molecule has 0 saturated heterocycles. The number of furan rings is 1. The van der Waals surface area contributed by atoms with Crippen molar-refractivity contribution in [2.75, 3.05) is 20.7 Å². The van der Waals surface area contributed by atoms with Crippen molar-refractivity contribution in [3.8, 4) is 0 Å². The van der Waals surface area contributed by atoms with E-state index in [1.54, 1.807) is 31.4 Å². The second-order valence-corrected chi connectivity index (χ2v) is 6.90. The average Bonchev–Trinajstić information content (AvgIpc) is 3.23. The van der Waals surface area contributed by atoms with Crippen LogP contribution in [0, 0.1) is 12.8 Å². The molecule has 2 aromatic rings. The second kappa shape index (κ2) is 9.27. The Morgan fingerprint density at radius 3 is 2.88 bits per heavy atom. The molecular formula is C18H25N3O3S. The van der Waals surface area contributed by atoms with Crippen molar-refractivity contribution in [2.45, 2.75) is 26.8 Å². The number of aryl methyl sites for hydroxylation is 1. The fraction of sp³-hybridized carbons (Fsp3) is 0.444. The third-order valence-electron chi connectivity index (χ3n) is 3.78. The molecule has 25 heavy (non-hydrogen) atoms. The first-order valence-electron chi connectivity index (χ1n) is 8.18. The predicted octanol–water partition coefficient (Wildman–Crippen LogP) is 2.98. The van der Waals surface area contributed by atoms with Crippen molar-refractivity contribution in [1.82, 2.24) is 10.6 Å². The monoisotopic (exact) mass is 363 g/mol. The highest BCUT2D eigenvalue weighted by molar-refractivity contribution is 7.09. The molecule has 0 bridgehead atoms. The number of carbonyl (C=O) groups excluding carboxylic acids is 1. The lowest BCUT2D eigenvalue weighted by Gasteiger charge is -2.15. The van der Waals surface area contributed by atoms with E-state index in [0.29, 0.717) is 35.5 Å². The Hall–Kier alpha value is -2.28. The summed E-state index contributed by atoms with van der Waals surface area (Å²) >= 11 is 1.78. The summed E-state index contributed by atoms with van der Waals surface area (Å²) < 4.78 is 10.3. The van der Waals surface area contributed by atoms with Crippen molar-refractivity contribution >= 4 is 23.3 Å². The molecule has 2 aromatic heterocycles. The Morgan fingerprint density at radius 1 is 1.44 bits per heavy atom. The van der Waals surface area contributed by atoms with Crippen molar-refractivity contribution in [3.63, 3.8) is 0 Å². The standard InChI is InChI=1S/C18H25N3O3S/c1-12(8-15-6-5-7-25-15)10-20-18(19-3)21-11-14-9-16(13(2)24-14)17(22)23-4/h5-7,9,12H,8,10-11H2,1-4H3,(H2,19,20,21). The molecule has 0 fully saturated rings. The number of rotatable bonds is 7. The van der Waals surface area contributed by atoms with Crippen LogP contribution in [0.4, 0.5) is 0 Å². The summed E-state index contributed by atoms with van der Waals surface area (Å²) in [5.41, 5.74) is 0.451. The topological polar surface area (TPSA) is 75.9 Å². The van der Waals surface area contributed by atoms with Crippen LogP contribution in [0.2, 0.25) is 0 Å². The van der Waals surface area contributed by atoms with Gasteiger partial charge in [0.1, 0.15) is 17.1 Å². The van der Waals surface area contributed by atoms with Gasteiger partial charge in [-0.25, -0.2) is 4.79 Å². The van der Waals surface area contributed by atoms with Gasteiger partial charge in [-0.05, 0) is 36.8 Å². The van der Waals surface area contributed by atoms with Crippen LogP contribution in [0.5, 0.6) is 0 Å². The summed E-state index contributed by atoms with van der Waals surface area (Å²) in [5, 5.41) is 8.61. The van der Waals surface area contributed by atoms with Gasteiger partial charge in [0.05, 0.1) is 13.7 Å². The van der Waals surface area contributed by atoms with Crippen molar-refractivity contribution < 1.29 is 13.9 Å².